The van der Waals surface area contributed by atoms with Crippen molar-refractivity contribution in [3.05, 3.63) is 66.0 Å². The highest BCUT2D eigenvalue weighted by Gasteiger charge is 2.04. The Labute approximate surface area is 152 Å². The largest absolute Gasteiger partial charge is 0.507 e. The number of nitrogens with zero attached hydrogens (tertiary/aromatic N) is 3. The minimum Gasteiger partial charge on any atom is -0.507 e. The van der Waals surface area contributed by atoms with E-state index >= 15 is 0 Å². The average Bonchev–Trinajstić information content (AvgIpc) is 2.64. The Morgan fingerprint density at radius 1 is 1.12 bits per heavy atom. The van der Waals surface area contributed by atoms with E-state index in [0.717, 1.165) is 11.3 Å². The van der Waals surface area contributed by atoms with Crippen LogP contribution in [0.4, 0.5) is 5.82 Å². The summed E-state index contributed by atoms with van der Waals surface area (Å²) in [5.41, 5.74) is 5.29. The fraction of sp³-hybridized carbons (Fsp3) is 0.150. The second-order valence-electron chi connectivity index (χ2n) is 5.58. The molecule has 3 aromatic rings. The number of aryl methyl sites for hydroxylation is 1. The lowest BCUT2D eigenvalue weighted by atomic mass is 10.1. The standard InChI is InChI=1S/C20H20N4O2/c1-3-26-17-10-9-16(19(25)11-17)13-21-24-20-12-18(22-14(2)23-20)15-7-5-4-6-8-15/h4-13,25H,3H2,1-2H3,(H,22,23,24). The highest BCUT2D eigenvalue weighted by atomic mass is 16.5. The van der Waals surface area contributed by atoms with E-state index in [9.17, 15) is 5.11 Å². The zero-order valence-electron chi connectivity index (χ0n) is 14.7. The molecule has 0 atom stereocenters. The van der Waals surface area contributed by atoms with Crippen molar-refractivity contribution in [2.45, 2.75) is 13.8 Å². The molecule has 0 bridgehead atoms. The number of rotatable bonds is 6. The molecule has 1 aromatic heterocycles. The van der Waals surface area contributed by atoms with Gasteiger partial charge in [-0.25, -0.2) is 9.97 Å². The van der Waals surface area contributed by atoms with Gasteiger partial charge in [-0.2, -0.15) is 5.10 Å². The molecule has 3 rings (SSSR count). The van der Waals surface area contributed by atoms with Crippen LogP contribution in [0.25, 0.3) is 11.3 Å². The van der Waals surface area contributed by atoms with Crippen molar-refractivity contribution in [1.82, 2.24) is 9.97 Å². The van der Waals surface area contributed by atoms with Gasteiger partial charge in [0.2, 0.25) is 0 Å². The molecule has 6 heteroatoms. The van der Waals surface area contributed by atoms with E-state index in [1.165, 1.54) is 6.21 Å². The molecule has 2 N–H and O–H groups in total. The molecule has 1 heterocycles. The lowest BCUT2D eigenvalue weighted by Crippen LogP contribution is -1.99. The zero-order chi connectivity index (χ0) is 18.4. The molecule has 26 heavy (non-hydrogen) atoms. The van der Waals surface area contributed by atoms with Crippen LogP contribution in [0.2, 0.25) is 0 Å². The van der Waals surface area contributed by atoms with Crippen molar-refractivity contribution < 1.29 is 9.84 Å². The molecule has 0 unspecified atom stereocenters. The first-order valence-corrected chi connectivity index (χ1v) is 8.31. The molecule has 6 nitrogen and oxygen atoms in total. The summed E-state index contributed by atoms with van der Waals surface area (Å²) in [7, 11) is 0. The van der Waals surface area contributed by atoms with Crippen LogP contribution in [0.1, 0.15) is 18.3 Å². The smallest absolute Gasteiger partial charge is 0.150 e. The van der Waals surface area contributed by atoms with E-state index < -0.39 is 0 Å². The normalized spacial score (nSPS) is 10.8. The molecule has 0 aliphatic carbocycles. The number of ether oxygens (including phenoxy) is 1. The van der Waals surface area contributed by atoms with E-state index in [1.54, 1.807) is 18.2 Å². The van der Waals surface area contributed by atoms with Crippen molar-refractivity contribution in [2.75, 3.05) is 12.0 Å². The lowest BCUT2D eigenvalue weighted by molar-refractivity contribution is 0.337. The van der Waals surface area contributed by atoms with Gasteiger partial charge in [0.05, 0.1) is 18.5 Å². The molecular formula is C20H20N4O2. The van der Waals surface area contributed by atoms with E-state index in [2.05, 4.69) is 20.5 Å². The van der Waals surface area contributed by atoms with Gasteiger partial charge in [-0.05, 0) is 26.0 Å². The van der Waals surface area contributed by atoms with Crippen LogP contribution in [0.15, 0.2) is 59.7 Å². The number of phenolic OH excluding ortho intramolecular Hbond substituents is 1. The van der Waals surface area contributed by atoms with Gasteiger partial charge in [0.15, 0.2) is 0 Å². The molecule has 0 amide bonds. The molecule has 0 aliphatic heterocycles. The Bertz CT molecular complexity index is 911. The number of hydrogen-bond donors (Lipinski definition) is 2. The summed E-state index contributed by atoms with van der Waals surface area (Å²) in [5.74, 6) is 1.95. The molecule has 0 spiro atoms. The zero-order valence-corrected chi connectivity index (χ0v) is 14.7. The summed E-state index contributed by atoms with van der Waals surface area (Å²) in [6, 6.07) is 16.8. The number of aromatic hydroxyl groups is 1. The van der Waals surface area contributed by atoms with Crippen molar-refractivity contribution in [3.8, 4) is 22.8 Å². The molecule has 2 aromatic carbocycles. The molecule has 0 saturated heterocycles. The number of aromatic nitrogens is 2. The van der Waals surface area contributed by atoms with E-state index in [0.29, 0.717) is 29.6 Å². The molecule has 0 fully saturated rings. The van der Waals surface area contributed by atoms with Crippen molar-refractivity contribution in [1.29, 1.82) is 0 Å². The Kier molecular flexibility index (Phi) is 5.43. The van der Waals surface area contributed by atoms with Crippen LogP contribution in [0.5, 0.6) is 11.5 Å². The molecule has 0 aliphatic rings. The van der Waals surface area contributed by atoms with Crippen LogP contribution in [-0.2, 0) is 0 Å². The topological polar surface area (TPSA) is 79.6 Å². The van der Waals surface area contributed by atoms with Gasteiger partial charge >= 0.3 is 0 Å². The summed E-state index contributed by atoms with van der Waals surface area (Å²) in [6.45, 7) is 4.27. The summed E-state index contributed by atoms with van der Waals surface area (Å²) < 4.78 is 5.35. The van der Waals surface area contributed by atoms with Gasteiger partial charge in [-0.1, -0.05) is 30.3 Å². The average molecular weight is 348 g/mol. The van der Waals surface area contributed by atoms with Crippen LogP contribution in [0, 0.1) is 6.92 Å². The van der Waals surface area contributed by atoms with Crippen LogP contribution in [0.3, 0.4) is 0 Å². The van der Waals surface area contributed by atoms with Crippen LogP contribution < -0.4 is 10.2 Å². The first-order chi connectivity index (χ1) is 12.7. The molecule has 0 radical (unpaired) electrons. The summed E-state index contributed by atoms with van der Waals surface area (Å²) in [4.78, 5) is 8.79. The maximum Gasteiger partial charge on any atom is 0.150 e. The Morgan fingerprint density at radius 3 is 2.65 bits per heavy atom. The summed E-state index contributed by atoms with van der Waals surface area (Å²) in [5, 5.41) is 14.2. The van der Waals surface area contributed by atoms with E-state index in [-0.39, 0.29) is 5.75 Å². The number of phenols is 1. The number of hydrogen-bond acceptors (Lipinski definition) is 6. The number of hydrazone groups is 1. The summed E-state index contributed by atoms with van der Waals surface area (Å²) in [6.07, 6.45) is 1.53. The van der Waals surface area contributed by atoms with Gasteiger partial charge in [-0.15, -0.1) is 0 Å². The summed E-state index contributed by atoms with van der Waals surface area (Å²) >= 11 is 0. The fourth-order valence-corrected chi connectivity index (χ4v) is 2.44. The Balaban J connectivity index is 1.75. The third-order valence-corrected chi connectivity index (χ3v) is 3.60. The highest BCUT2D eigenvalue weighted by Crippen LogP contribution is 2.23. The number of anilines is 1. The van der Waals surface area contributed by atoms with Gasteiger partial charge < -0.3 is 9.84 Å². The number of nitrogens with one attached hydrogen (secondary N) is 1. The maximum absolute atomic E-state index is 10.0. The molecule has 132 valence electrons. The molecule has 0 saturated carbocycles. The minimum absolute atomic E-state index is 0.102. The van der Waals surface area contributed by atoms with Crippen molar-refractivity contribution >= 4 is 12.0 Å². The second-order valence-corrected chi connectivity index (χ2v) is 5.58. The highest BCUT2D eigenvalue weighted by molar-refractivity contribution is 5.84. The Morgan fingerprint density at radius 2 is 1.92 bits per heavy atom. The van der Waals surface area contributed by atoms with Crippen molar-refractivity contribution in [2.24, 2.45) is 5.10 Å². The first-order valence-electron chi connectivity index (χ1n) is 8.31. The third kappa shape index (κ3) is 4.36. The quantitative estimate of drug-likeness (QED) is 0.520. The first kappa shape index (κ1) is 17.4. The Hall–Kier alpha value is -3.41. The minimum atomic E-state index is 0.102. The molecular weight excluding hydrogens is 328 g/mol. The van der Waals surface area contributed by atoms with E-state index in [1.807, 2.05) is 50.2 Å². The second kappa shape index (κ2) is 8.11. The van der Waals surface area contributed by atoms with E-state index in [4.69, 9.17) is 4.74 Å². The van der Waals surface area contributed by atoms with Gasteiger partial charge in [0, 0.05) is 23.3 Å². The van der Waals surface area contributed by atoms with Crippen LogP contribution >= 0.6 is 0 Å². The SMILES string of the molecule is CCOc1ccc(C=NNc2cc(-c3ccccc3)nc(C)n2)c(O)c1. The van der Waals surface area contributed by atoms with Gasteiger partial charge in [-0.3, -0.25) is 5.43 Å². The predicted octanol–water partition coefficient (Wildman–Crippen LogP) is 4.00. The lowest BCUT2D eigenvalue weighted by Gasteiger charge is -2.06. The third-order valence-electron chi connectivity index (χ3n) is 3.60. The monoisotopic (exact) mass is 348 g/mol. The maximum atomic E-state index is 10.0. The van der Waals surface area contributed by atoms with Gasteiger partial charge in [0.1, 0.15) is 23.1 Å². The number of benzene rings is 2. The predicted molar refractivity (Wildman–Crippen MR) is 103 cm³/mol. The van der Waals surface area contributed by atoms with Crippen LogP contribution in [-0.4, -0.2) is 27.9 Å². The fourth-order valence-electron chi connectivity index (χ4n) is 2.44. The van der Waals surface area contributed by atoms with Crippen molar-refractivity contribution in [3.63, 3.8) is 0 Å². The van der Waals surface area contributed by atoms with Gasteiger partial charge in [0.25, 0.3) is 0 Å².